The van der Waals surface area contributed by atoms with Gasteiger partial charge < -0.3 is 29.1 Å². The molecule has 6 rings (SSSR count). The maximum Gasteiger partial charge on any atom is 0.122 e. The number of piperazine rings is 2. The van der Waals surface area contributed by atoms with E-state index in [2.05, 4.69) is 106 Å². The molecule has 0 unspecified atom stereocenters. The summed E-state index contributed by atoms with van der Waals surface area (Å²) in [5, 5.41) is 5.00. The fourth-order valence-corrected chi connectivity index (χ4v) is 5.62. The third-order valence-electron chi connectivity index (χ3n) is 7.97. The first-order valence-corrected chi connectivity index (χ1v) is 13.8. The van der Waals surface area contributed by atoms with Crippen molar-refractivity contribution in [3.8, 4) is 11.5 Å². The van der Waals surface area contributed by atoms with Crippen LogP contribution in [0.25, 0.3) is 21.5 Å². The molecule has 0 aliphatic carbocycles. The molecule has 0 atom stereocenters. The molecule has 0 saturated carbocycles. The lowest BCUT2D eigenvalue weighted by Gasteiger charge is -2.34. The van der Waals surface area contributed by atoms with Gasteiger partial charge in [0.05, 0.1) is 0 Å². The summed E-state index contributed by atoms with van der Waals surface area (Å²) < 4.78 is 12.3. The molecule has 0 spiro atoms. The lowest BCUT2D eigenvalue weighted by molar-refractivity contribution is 0.217. The molecule has 2 aliphatic heterocycles. The number of fused-ring (bicyclic) bond motifs is 2. The smallest absolute Gasteiger partial charge is 0.122 e. The number of ether oxygens (including phenoxy) is 2. The van der Waals surface area contributed by atoms with Crippen LogP contribution in [-0.4, -0.2) is 89.5 Å². The summed E-state index contributed by atoms with van der Waals surface area (Å²) in [5.41, 5.74) is 2.59. The van der Waals surface area contributed by atoms with Crippen molar-refractivity contribution in [2.24, 2.45) is 0 Å². The molecule has 0 aromatic heterocycles. The summed E-state index contributed by atoms with van der Waals surface area (Å²) in [6, 6.07) is 25.9. The molecule has 198 valence electrons. The molecule has 0 radical (unpaired) electrons. The molecule has 6 nitrogen and oxygen atoms in total. The maximum atomic E-state index is 6.15. The van der Waals surface area contributed by atoms with E-state index < -0.39 is 0 Å². The van der Waals surface area contributed by atoms with Crippen LogP contribution < -0.4 is 19.3 Å². The van der Waals surface area contributed by atoms with Gasteiger partial charge in [0, 0.05) is 74.5 Å². The monoisotopic (exact) mass is 510 g/mol. The first-order chi connectivity index (χ1) is 18.6. The molecule has 6 heteroatoms. The predicted octanol–water partition coefficient (Wildman–Crippen LogP) is 4.95. The number of likely N-dealkylation sites (N-methyl/N-ethyl adjacent to an activating group) is 2. The van der Waals surface area contributed by atoms with Crippen molar-refractivity contribution in [3.63, 3.8) is 0 Å². The van der Waals surface area contributed by atoms with Crippen molar-refractivity contribution in [1.29, 1.82) is 0 Å². The highest BCUT2D eigenvalue weighted by molar-refractivity contribution is 5.96. The normalized spacial score (nSPS) is 17.3. The summed E-state index contributed by atoms with van der Waals surface area (Å²) >= 11 is 0. The second-order valence-electron chi connectivity index (χ2n) is 10.6. The molecule has 0 N–H and O–H groups in total. The van der Waals surface area contributed by atoms with Crippen LogP contribution in [0.4, 0.5) is 11.4 Å². The van der Waals surface area contributed by atoms with Crippen molar-refractivity contribution in [2.45, 2.75) is 0 Å². The predicted molar refractivity (Wildman–Crippen MR) is 158 cm³/mol. The van der Waals surface area contributed by atoms with Crippen LogP contribution in [0.3, 0.4) is 0 Å². The minimum Gasteiger partial charge on any atom is -0.490 e. The Morgan fingerprint density at radius 3 is 1.37 bits per heavy atom. The molecule has 0 bridgehead atoms. The molecular weight excluding hydrogens is 472 g/mol. The van der Waals surface area contributed by atoms with Crippen LogP contribution in [0.1, 0.15) is 0 Å². The van der Waals surface area contributed by atoms with Gasteiger partial charge in [-0.3, -0.25) is 0 Å². The van der Waals surface area contributed by atoms with E-state index in [9.17, 15) is 0 Å². The van der Waals surface area contributed by atoms with Gasteiger partial charge in [-0.25, -0.2) is 0 Å². The van der Waals surface area contributed by atoms with Gasteiger partial charge in [0.2, 0.25) is 0 Å². The van der Waals surface area contributed by atoms with E-state index in [-0.39, 0.29) is 0 Å². The highest BCUT2D eigenvalue weighted by Crippen LogP contribution is 2.32. The van der Waals surface area contributed by atoms with Crippen molar-refractivity contribution in [2.75, 3.05) is 89.5 Å². The third-order valence-corrected chi connectivity index (χ3v) is 7.97. The second-order valence-corrected chi connectivity index (χ2v) is 10.6. The Balaban J connectivity index is 1.11. The molecule has 38 heavy (non-hydrogen) atoms. The first-order valence-electron chi connectivity index (χ1n) is 13.8. The summed E-state index contributed by atoms with van der Waals surface area (Å²) in [6.45, 7) is 9.58. The Hall–Kier alpha value is -3.48. The summed E-state index contributed by atoms with van der Waals surface area (Å²) in [4.78, 5) is 9.76. The van der Waals surface area contributed by atoms with Crippen LogP contribution in [0.2, 0.25) is 0 Å². The fourth-order valence-electron chi connectivity index (χ4n) is 5.62. The van der Waals surface area contributed by atoms with Crippen molar-refractivity contribution in [3.05, 3.63) is 72.8 Å². The van der Waals surface area contributed by atoms with Gasteiger partial charge in [0.25, 0.3) is 0 Å². The van der Waals surface area contributed by atoms with Gasteiger partial charge in [-0.2, -0.15) is 0 Å². The number of rotatable bonds is 7. The standard InChI is InChI=1S/C32H38N4O2/c1-33-13-17-35(18-14-33)31-7-3-5-25-9-11-27(23-29(25)31)37-21-22-38-28-12-10-26-6-4-8-32(30(26)24-28)36-19-15-34(2)16-20-36/h3-12,23-24H,13-22H2,1-2H3. The zero-order chi connectivity index (χ0) is 25.9. The SMILES string of the molecule is CN1CCN(c2cccc3ccc(OCCOc4ccc5cccc(N6CCN(C)CC6)c5c4)cc23)CC1. The molecular formula is C32H38N4O2. The number of benzene rings is 4. The van der Waals surface area contributed by atoms with Crippen LogP contribution in [0.5, 0.6) is 11.5 Å². The van der Waals surface area contributed by atoms with E-state index >= 15 is 0 Å². The second kappa shape index (κ2) is 11.1. The van der Waals surface area contributed by atoms with Crippen molar-refractivity contribution >= 4 is 32.9 Å². The number of anilines is 2. The lowest BCUT2D eigenvalue weighted by atomic mass is 10.1. The summed E-state index contributed by atoms with van der Waals surface area (Å²) in [5.74, 6) is 1.78. The largest absolute Gasteiger partial charge is 0.490 e. The molecule has 2 fully saturated rings. The van der Waals surface area contributed by atoms with Gasteiger partial charge in [-0.1, -0.05) is 36.4 Å². The number of hydrogen-bond acceptors (Lipinski definition) is 6. The van der Waals surface area contributed by atoms with E-state index in [1.807, 2.05) is 0 Å². The Morgan fingerprint density at radius 2 is 0.947 bits per heavy atom. The van der Waals surface area contributed by atoms with E-state index in [0.717, 1.165) is 63.9 Å². The molecule has 4 aromatic carbocycles. The molecule has 2 aliphatic rings. The quantitative estimate of drug-likeness (QED) is 0.327. The van der Waals surface area contributed by atoms with Crippen LogP contribution >= 0.6 is 0 Å². The van der Waals surface area contributed by atoms with E-state index in [4.69, 9.17) is 9.47 Å². The van der Waals surface area contributed by atoms with E-state index in [0.29, 0.717) is 13.2 Å². The minimum atomic E-state index is 0.500. The maximum absolute atomic E-state index is 6.15. The number of nitrogens with zero attached hydrogens (tertiary/aromatic N) is 4. The van der Waals surface area contributed by atoms with Gasteiger partial charge in [0.15, 0.2) is 0 Å². The van der Waals surface area contributed by atoms with E-state index in [1.165, 1.54) is 32.9 Å². The highest BCUT2D eigenvalue weighted by atomic mass is 16.5. The van der Waals surface area contributed by atoms with E-state index in [1.54, 1.807) is 0 Å². The average molecular weight is 511 g/mol. The Kier molecular flexibility index (Phi) is 7.25. The van der Waals surface area contributed by atoms with Gasteiger partial charge in [-0.05, 0) is 61.3 Å². The molecule has 0 amide bonds. The molecule has 2 heterocycles. The van der Waals surface area contributed by atoms with Crippen molar-refractivity contribution < 1.29 is 9.47 Å². The average Bonchev–Trinajstić information content (AvgIpc) is 2.95. The topological polar surface area (TPSA) is 31.4 Å². The van der Waals surface area contributed by atoms with Crippen LogP contribution in [0, 0.1) is 0 Å². The first kappa shape index (κ1) is 24.8. The van der Waals surface area contributed by atoms with Gasteiger partial charge >= 0.3 is 0 Å². The Bertz CT molecular complexity index is 1280. The minimum absolute atomic E-state index is 0.500. The summed E-state index contributed by atoms with van der Waals surface area (Å²) in [6.07, 6.45) is 0. The zero-order valence-corrected chi connectivity index (χ0v) is 22.6. The molecule has 4 aromatic rings. The fraction of sp³-hybridized carbons (Fsp3) is 0.375. The number of hydrogen-bond donors (Lipinski definition) is 0. The zero-order valence-electron chi connectivity index (χ0n) is 22.6. The molecule has 2 saturated heterocycles. The van der Waals surface area contributed by atoms with Crippen molar-refractivity contribution in [1.82, 2.24) is 9.80 Å². The van der Waals surface area contributed by atoms with Crippen LogP contribution in [0.15, 0.2) is 72.8 Å². The Labute approximate surface area is 225 Å². The third kappa shape index (κ3) is 5.38. The highest BCUT2D eigenvalue weighted by Gasteiger charge is 2.18. The van der Waals surface area contributed by atoms with Crippen LogP contribution in [-0.2, 0) is 0 Å². The Morgan fingerprint density at radius 1 is 0.526 bits per heavy atom. The van der Waals surface area contributed by atoms with Gasteiger partial charge in [-0.15, -0.1) is 0 Å². The summed E-state index contributed by atoms with van der Waals surface area (Å²) in [7, 11) is 4.39. The van der Waals surface area contributed by atoms with Gasteiger partial charge in [0.1, 0.15) is 24.7 Å². The lowest BCUT2D eigenvalue weighted by Crippen LogP contribution is -2.44.